The smallest absolute Gasteiger partial charge is 0.224 e. The average molecular weight is 261 g/mol. The van der Waals surface area contributed by atoms with Crippen LogP contribution in [0.2, 0.25) is 10.4 Å². The third-order valence-electron chi connectivity index (χ3n) is 3.02. The van der Waals surface area contributed by atoms with Crippen LogP contribution in [0, 0.1) is 0 Å². The third-order valence-corrected chi connectivity index (χ3v) is 3.50. The number of hydrogen-bond donors (Lipinski definition) is 0. The lowest BCUT2D eigenvalue weighted by molar-refractivity contribution is -0.164. The van der Waals surface area contributed by atoms with Crippen LogP contribution in [0.15, 0.2) is 0 Å². The topological polar surface area (TPSA) is 44.2 Å². The molecule has 0 radical (unpaired) electrons. The van der Waals surface area contributed by atoms with Gasteiger partial charge in [0.25, 0.3) is 0 Å². The molecule has 1 saturated heterocycles. The van der Waals surface area contributed by atoms with E-state index in [1.54, 1.807) is 0 Å². The van der Waals surface area contributed by atoms with Crippen LogP contribution >= 0.6 is 23.2 Å². The summed E-state index contributed by atoms with van der Waals surface area (Å²) in [6, 6.07) is 0. The summed E-state index contributed by atoms with van der Waals surface area (Å²) in [7, 11) is 0. The zero-order valence-corrected chi connectivity index (χ0v) is 10.0. The van der Waals surface area contributed by atoms with Gasteiger partial charge in [-0.05, 0) is 18.0 Å². The SMILES string of the molecule is Clc1nc(Cl)c2c(n1)CCC1(C2)OCCO1. The quantitative estimate of drug-likeness (QED) is 0.529. The highest BCUT2D eigenvalue weighted by Gasteiger charge is 2.41. The number of nitrogens with zero attached hydrogens (tertiary/aromatic N) is 2. The highest BCUT2D eigenvalue weighted by atomic mass is 35.5. The van der Waals surface area contributed by atoms with Crippen LogP contribution in [0.4, 0.5) is 0 Å². The molecule has 1 aromatic heterocycles. The lowest BCUT2D eigenvalue weighted by atomic mass is 9.92. The number of hydrogen-bond acceptors (Lipinski definition) is 4. The molecular formula is C10H10Cl2N2O2. The van der Waals surface area contributed by atoms with Gasteiger partial charge >= 0.3 is 0 Å². The Hall–Kier alpha value is -0.420. The summed E-state index contributed by atoms with van der Waals surface area (Å²) >= 11 is 11.8. The second-order valence-electron chi connectivity index (χ2n) is 3.99. The number of halogens is 2. The van der Waals surface area contributed by atoms with Crippen molar-refractivity contribution in [3.8, 4) is 0 Å². The maximum Gasteiger partial charge on any atom is 0.224 e. The molecule has 2 heterocycles. The fourth-order valence-corrected chi connectivity index (χ4v) is 2.75. The number of aromatic nitrogens is 2. The van der Waals surface area contributed by atoms with Gasteiger partial charge in [0.1, 0.15) is 5.15 Å². The Kier molecular flexibility index (Phi) is 2.55. The Morgan fingerprint density at radius 3 is 2.62 bits per heavy atom. The molecule has 6 heteroatoms. The fraction of sp³-hybridized carbons (Fsp3) is 0.600. The largest absolute Gasteiger partial charge is 0.347 e. The molecule has 4 nitrogen and oxygen atoms in total. The van der Waals surface area contributed by atoms with E-state index in [0.29, 0.717) is 24.8 Å². The van der Waals surface area contributed by atoms with Crippen molar-refractivity contribution in [2.45, 2.75) is 25.0 Å². The summed E-state index contributed by atoms with van der Waals surface area (Å²) in [5.41, 5.74) is 1.81. The third kappa shape index (κ3) is 1.70. The van der Waals surface area contributed by atoms with Crippen molar-refractivity contribution in [2.75, 3.05) is 13.2 Å². The maximum atomic E-state index is 6.06. The molecule has 0 bridgehead atoms. The molecule has 1 fully saturated rings. The molecule has 1 aliphatic carbocycles. The summed E-state index contributed by atoms with van der Waals surface area (Å²) in [6.45, 7) is 1.28. The first kappa shape index (κ1) is 10.7. The monoisotopic (exact) mass is 260 g/mol. The zero-order valence-electron chi connectivity index (χ0n) is 8.50. The van der Waals surface area contributed by atoms with Crippen LogP contribution < -0.4 is 0 Å². The van der Waals surface area contributed by atoms with Crippen molar-refractivity contribution in [1.29, 1.82) is 0 Å². The summed E-state index contributed by atoms with van der Waals surface area (Å²) in [5, 5.41) is 0.612. The second-order valence-corrected chi connectivity index (χ2v) is 4.69. The first-order valence-corrected chi connectivity index (χ1v) is 5.93. The number of fused-ring (bicyclic) bond motifs is 1. The molecule has 86 valence electrons. The standard InChI is InChI=1S/C10H10Cl2N2O2/c11-8-6-5-10(15-3-4-16-10)2-1-7(6)13-9(12)14-8/h1-5H2. The van der Waals surface area contributed by atoms with Crippen molar-refractivity contribution in [3.63, 3.8) is 0 Å². The molecular weight excluding hydrogens is 251 g/mol. The normalized spacial score (nSPS) is 22.4. The Bertz CT molecular complexity index is 433. The minimum atomic E-state index is -0.506. The van der Waals surface area contributed by atoms with Crippen LogP contribution in [0.1, 0.15) is 17.7 Å². The maximum absolute atomic E-state index is 6.06. The Labute approximate surface area is 103 Å². The Balaban J connectivity index is 1.99. The van der Waals surface area contributed by atoms with Gasteiger partial charge in [-0.3, -0.25) is 0 Å². The predicted octanol–water partition coefficient (Wildman–Crippen LogP) is 2.02. The van der Waals surface area contributed by atoms with Gasteiger partial charge in [-0.2, -0.15) is 0 Å². The highest BCUT2D eigenvalue weighted by Crippen LogP contribution is 2.37. The van der Waals surface area contributed by atoms with E-state index in [1.165, 1.54) is 0 Å². The van der Waals surface area contributed by atoms with E-state index in [0.717, 1.165) is 24.1 Å². The Morgan fingerprint density at radius 2 is 1.88 bits per heavy atom. The molecule has 0 saturated carbocycles. The first-order chi connectivity index (χ1) is 7.69. The van der Waals surface area contributed by atoms with Crippen molar-refractivity contribution in [2.24, 2.45) is 0 Å². The molecule has 1 aromatic rings. The molecule has 2 aliphatic rings. The van der Waals surface area contributed by atoms with E-state index in [-0.39, 0.29) is 5.28 Å². The van der Waals surface area contributed by atoms with Gasteiger partial charge in [0, 0.05) is 18.4 Å². The van der Waals surface area contributed by atoms with E-state index in [2.05, 4.69) is 9.97 Å². The molecule has 0 atom stereocenters. The minimum absolute atomic E-state index is 0.202. The first-order valence-electron chi connectivity index (χ1n) is 5.17. The number of ether oxygens (including phenoxy) is 2. The van der Waals surface area contributed by atoms with Crippen molar-refractivity contribution in [3.05, 3.63) is 21.7 Å². The van der Waals surface area contributed by atoms with Crippen LogP contribution in [0.3, 0.4) is 0 Å². The molecule has 16 heavy (non-hydrogen) atoms. The van der Waals surface area contributed by atoms with Gasteiger partial charge < -0.3 is 9.47 Å². The van der Waals surface area contributed by atoms with E-state index in [1.807, 2.05) is 0 Å². The summed E-state index contributed by atoms with van der Waals surface area (Å²) < 4.78 is 11.3. The fourth-order valence-electron chi connectivity index (χ4n) is 2.26. The van der Waals surface area contributed by atoms with Gasteiger partial charge in [-0.15, -0.1) is 0 Å². The molecule has 0 aromatic carbocycles. The molecule has 3 rings (SSSR count). The van der Waals surface area contributed by atoms with Crippen molar-refractivity contribution in [1.82, 2.24) is 9.97 Å². The van der Waals surface area contributed by atoms with Gasteiger partial charge in [0.05, 0.1) is 18.9 Å². The van der Waals surface area contributed by atoms with Gasteiger partial charge in [-0.1, -0.05) is 11.6 Å². The summed E-state index contributed by atoms with van der Waals surface area (Å²) in [4.78, 5) is 8.14. The lowest BCUT2D eigenvalue weighted by Crippen LogP contribution is -2.37. The lowest BCUT2D eigenvalue weighted by Gasteiger charge is -2.32. The van der Waals surface area contributed by atoms with E-state index < -0.39 is 5.79 Å². The molecule has 1 spiro atoms. The van der Waals surface area contributed by atoms with Gasteiger partial charge in [-0.25, -0.2) is 9.97 Å². The van der Waals surface area contributed by atoms with E-state index >= 15 is 0 Å². The summed E-state index contributed by atoms with van der Waals surface area (Å²) in [5.74, 6) is -0.506. The van der Waals surface area contributed by atoms with Crippen LogP contribution in [0.25, 0.3) is 0 Å². The van der Waals surface area contributed by atoms with Crippen LogP contribution in [0.5, 0.6) is 0 Å². The van der Waals surface area contributed by atoms with Gasteiger partial charge in [0.15, 0.2) is 5.79 Å². The van der Waals surface area contributed by atoms with Gasteiger partial charge in [0.2, 0.25) is 5.28 Å². The van der Waals surface area contributed by atoms with Crippen LogP contribution in [-0.2, 0) is 22.3 Å². The second kappa shape index (κ2) is 3.81. The summed E-state index contributed by atoms with van der Waals surface area (Å²) in [6.07, 6.45) is 2.17. The molecule has 0 N–H and O–H groups in total. The Morgan fingerprint density at radius 1 is 1.12 bits per heavy atom. The van der Waals surface area contributed by atoms with E-state index in [4.69, 9.17) is 32.7 Å². The van der Waals surface area contributed by atoms with Crippen molar-refractivity contribution < 1.29 is 9.47 Å². The molecule has 0 unspecified atom stereocenters. The number of rotatable bonds is 0. The average Bonchev–Trinajstić information content (AvgIpc) is 2.68. The van der Waals surface area contributed by atoms with Crippen LogP contribution in [-0.4, -0.2) is 29.0 Å². The van der Waals surface area contributed by atoms with Crippen molar-refractivity contribution >= 4 is 23.2 Å². The minimum Gasteiger partial charge on any atom is -0.347 e. The molecule has 1 aliphatic heterocycles. The molecule has 0 amide bonds. The number of aryl methyl sites for hydroxylation is 1. The highest BCUT2D eigenvalue weighted by molar-refractivity contribution is 6.32. The predicted molar refractivity (Wildman–Crippen MR) is 58.7 cm³/mol. The van der Waals surface area contributed by atoms with E-state index in [9.17, 15) is 0 Å². The zero-order chi connectivity index (χ0) is 11.2.